The summed E-state index contributed by atoms with van der Waals surface area (Å²) in [5.74, 6) is 0.0554. The van der Waals surface area contributed by atoms with Crippen LogP contribution in [0.3, 0.4) is 0 Å². The fourth-order valence-corrected chi connectivity index (χ4v) is 4.34. The molecular weight excluding hydrogens is 470 g/mol. The van der Waals surface area contributed by atoms with Gasteiger partial charge in [0.2, 0.25) is 0 Å². The normalized spacial score (nSPS) is 16.1. The molecule has 0 spiro atoms. The Hall–Kier alpha value is -1.31. The Morgan fingerprint density at radius 1 is 1.21 bits per heavy atom. The van der Waals surface area contributed by atoms with Crippen LogP contribution in [0.5, 0.6) is 0 Å². The molecule has 1 aromatic rings. The van der Waals surface area contributed by atoms with Gasteiger partial charge in [-0.3, -0.25) is 0 Å². The standard InChI is InChI=1S/C20H25NO2.W/c1-4-23-15-20(17(3)21-12-8-9-13-21)19(14-16(2)22)18-10-6-5-7-11-18;/h5-7,10-11,14H,4,8-9,12-13H2,1-3H3;/b19-14-,20-17-;. The number of benzene rings is 1. The third kappa shape index (κ3) is 4.84. The van der Waals surface area contributed by atoms with Crippen LogP contribution in [0.4, 0.5) is 0 Å². The van der Waals surface area contributed by atoms with Gasteiger partial charge in [0.05, 0.1) is 0 Å². The van der Waals surface area contributed by atoms with Gasteiger partial charge >= 0.3 is 156 Å². The fourth-order valence-electron chi connectivity index (χ4n) is 2.99. The molecule has 1 aromatic carbocycles. The number of carbonyl (C=O) groups is 1. The molecule has 1 aliphatic heterocycles. The van der Waals surface area contributed by atoms with Gasteiger partial charge in [-0.1, -0.05) is 0 Å². The Morgan fingerprint density at radius 2 is 1.83 bits per heavy atom. The predicted molar refractivity (Wildman–Crippen MR) is 95.2 cm³/mol. The first-order valence-electron chi connectivity index (χ1n) is 8.45. The Balaban J connectivity index is 2.59. The first-order chi connectivity index (χ1) is 11.5. The number of nitrogens with zero attached hydrogens (tertiary/aromatic N) is 1. The van der Waals surface area contributed by atoms with E-state index in [-0.39, 0.29) is 5.78 Å². The van der Waals surface area contributed by atoms with Gasteiger partial charge in [-0.05, 0) is 0 Å². The Kier molecular flexibility index (Phi) is 7.33. The molecular formula is C20H25NO2W. The Morgan fingerprint density at radius 3 is 2.38 bits per heavy atom. The zero-order valence-electron chi connectivity index (χ0n) is 14.7. The van der Waals surface area contributed by atoms with Crippen molar-refractivity contribution in [1.29, 1.82) is 0 Å². The quantitative estimate of drug-likeness (QED) is 0.427. The molecule has 2 rings (SSSR count). The Bertz CT molecular complexity index is 655. The molecule has 0 atom stereocenters. The molecule has 1 saturated heterocycles. The number of hydrogen-bond donors (Lipinski definition) is 0. The molecule has 0 unspecified atom stereocenters. The topological polar surface area (TPSA) is 29.5 Å². The number of likely N-dealkylation sites (tertiary alicyclic amines) is 1. The van der Waals surface area contributed by atoms with E-state index < -0.39 is 0 Å². The summed E-state index contributed by atoms with van der Waals surface area (Å²) < 4.78 is 6.84. The number of ketones is 1. The number of ether oxygens (including phenoxy) is 1. The maximum atomic E-state index is 11.9. The van der Waals surface area contributed by atoms with Crippen molar-refractivity contribution >= 4 is 15.4 Å². The molecule has 0 aromatic heterocycles. The van der Waals surface area contributed by atoms with Crippen LogP contribution in [-0.4, -0.2) is 34.5 Å². The first-order valence-corrected chi connectivity index (χ1v) is 9.92. The van der Waals surface area contributed by atoms with Gasteiger partial charge in [0.25, 0.3) is 0 Å². The van der Waals surface area contributed by atoms with E-state index >= 15 is 0 Å². The molecule has 3 nitrogen and oxygen atoms in total. The molecule has 0 saturated carbocycles. The van der Waals surface area contributed by atoms with Crippen molar-refractivity contribution in [2.45, 2.75) is 33.6 Å². The molecule has 0 radical (unpaired) electrons. The minimum absolute atomic E-state index is 0.0554. The minimum atomic E-state index is 0.0554. The second-order valence-corrected chi connectivity index (χ2v) is 7.24. The predicted octanol–water partition coefficient (Wildman–Crippen LogP) is 3.74. The average Bonchev–Trinajstić information content (AvgIpc) is 3.09. The summed E-state index contributed by atoms with van der Waals surface area (Å²) in [5, 5.41) is 0. The zero-order valence-corrected chi connectivity index (χ0v) is 17.6. The molecule has 1 heterocycles. The van der Waals surface area contributed by atoms with Crippen molar-refractivity contribution in [1.82, 2.24) is 4.90 Å². The molecule has 1 aliphatic rings. The molecule has 1 fully saturated rings. The van der Waals surface area contributed by atoms with Crippen molar-refractivity contribution in [3.63, 3.8) is 0 Å². The second-order valence-electron chi connectivity index (χ2n) is 5.91. The Labute approximate surface area is 155 Å². The van der Waals surface area contributed by atoms with Crippen LogP contribution >= 0.6 is 0 Å². The van der Waals surface area contributed by atoms with Crippen molar-refractivity contribution in [2.24, 2.45) is 0 Å². The van der Waals surface area contributed by atoms with Crippen LogP contribution in [0, 0.1) is 0 Å². The van der Waals surface area contributed by atoms with Gasteiger partial charge in [0.1, 0.15) is 0 Å². The van der Waals surface area contributed by atoms with E-state index in [9.17, 15) is 4.79 Å². The third-order valence-electron chi connectivity index (χ3n) is 4.12. The number of carbonyl (C=O) groups excluding carboxylic acids is 1. The van der Waals surface area contributed by atoms with Gasteiger partial charge < -0.3 is 0 Å². The summed E-state index contributed by atoms with van der Waals surface area (Å²) in [6.07, 6.45) is 4.19. The van der Waals surface area contributed by atoms with Crippen LogP contribution in [0.15, 0.2) is 47.7 Å². The molecule has 0 bridgehead atoms. The second kappa shape index (κ2) is 9.24. The summed E-state index contributed by atoms with van der Waals surface area (Å²) >= 11 is 1.28. The monoisotopic (exact) mass is 495 g/mol. The summed E-state index contributed by atoms with van der Waals surface area (Å²) in [7, 11) is 0. The molecule has 128 valence electrons. The van der Waals surface area contributed by atoms with Crippen molar-refractivity contribution in [3.05, 3.63) is 53.2 Å². The summed E-state index contributed by atoms with van der Waals surface area (Å²) in [5.41, 5.74) is 4.31. The molecule has 0 amide bonds. The van der Waals surface area contributed by atoms with Gasteiger partial charge in [-0.25, -0.2) is 0 Å². The van der Waals surface area contributed by atoms with E-state index in [0.717, 1.165) is 33.9 Å². The van der Waals surface area contributed by atoms with E-state index in [0.29, 0.717) is 6.61 Å². The van der Waals surface area contributed by atoms with Crippen molar-refractivity contribution in [2.75, 3.05) is 19.7 Å². The average molecular weight is 495 g/mol. The number of hydrogen-bond acceptors (Lipinski definition) is 3. The molecule has 24 heavy (non-hydrogen) atoms. The first kappa shape index (κ1) is 19.0. The summed E-state index contributed by atoms with van der Waals surface area (Å²) in [6.45, 7) is 8.55. The molecule has 0 N–H and O–H groups in total. The van der Waals surface area contributed by atoms with E-state index in [1.165, 1.54) is 37.9 Å². The van der Waals surface area contributed by atoms with E-state index in [4.69, 9.17) is 4.74 Å². The van der Waals surface area contributed by atoms with Gasteiger partial charge in [-0.15, -0.1) is 0 Å². The number of rotatable bonds is 7. The van der Waals surface area contributed by atoms with Crippen molar-refractivity contribution < 1.29 is 28.9 Å². The zero-order chi connectivity index (χ0) is 17.5. The molecule has 0 aliphatic carbocycles. The van der Waals surface area contributed by atoms with Gasteiger partial charge in [-0.2, -0.15) is 0 Å². The van der Waals surface area contributed by atoms with Crippen LogP contribution in [0.25, 0.3) is 5.57 Å². The van der Waals surface area contributed by atoms with Crippen molar-refractivity contribution in [3.8, 4) is 0 Å². The molecule has 4 heteroatoms. The van der Waals surface area contributed by atoms with Crippen LogP contribution in [-0.2, 0) is 28.9 Å². The van der Waals surface area contributed by atoms with Crippen LogP contribution < -0.4 is 0 Å². The maximum absolute atomic E-state index is 11.9. The van der Waals surface area contributed by atoms with Crippen LogP contribution in [0.1, 0.15) is 39.2 Å². The van der Waals surface area contributed by atoms with E-state index in [2.05, 4.69) is 24.0 Å². The number of allylic oxidation sites excluding steroid dienone is 2. The van der Waals surface area contributed by atoms with Gasteiger partial charge in [0.15, 0.2) is 0 Å². The van der Waals surface area contributed by atoms with Gasteiger partial charge in [0, 0.05) is 0 Å². The van der Waals surface area contributed by atoms with Crippen LogP contribution in [0.2, 0.25) is 0 Å². The SMILES string of the molecule is CCO[C](=[W])C(/C(=C\C(C)=O)c1ccccc1)=C(\C)N1CCCC1. The third-order valence-corrected chi connectivity index (χ3v) is 5.28. The summed E-state index contributed by atoms with van der Waals surface area (Å²) in [4.78, 5) is 14.3. The van der Waals surface area contributed by atoms with E-state index in [1.807, 2.05) is 25.1 Å². The van der Waals surface area contributed by atoms with E-state index in [1.54, 1.807) is 13.0 Å². The summed E-state index contributed by atoms with van der Waals surface area (Å²) in [6, 6.07) is 10.1. The fraction of sp³-hybridized carbons (Fsp3) is 0.400.